The van der Waals surface area contributed by atoms with Crippen molar-refractivity contribution in [2.24, 2.45) is 0 Å². The molecule has 2 heterocycles. The monoisotopic (exact) mass is 516 g/mol. The fourth-order valence-electron chi connectivity index (χ4n) is 3.82. The Labute approximate surface area is 196 Å². The number of carboxylic acid groups (broad SMARTS) is 1. The molecule has 182 valence electrons. The summed E-state index contributed by atoms with van der Waals surface area (Å²) >= 11 is 0.647. The van der Waals surface area contributed by atoms with Crippen molar-refractivity contribution in [2.75, 3.05) is 6.61 Å². The number of hydrogen-bond donors (Lipinski definition) is 3. The zero-order chi connectivity index (χ0) is 24.7. The summed E-state index contributed by atoms with van der Waals surface area (Å²) in [5.41, 5.74) is -0.423. The van der Waals surface area contributed by atoms with Gasteiger partial charge in [-0.15, -0.1) is 11.3 Å². The number of aliphatic hydroxyl groups excluding tert-OH is 1. The molecule has 8 nitrogen and oxygen atoms in total. The number of hydrogen-bond acceptors (Lipinski definition) is 7. The normalized spacial score (nSPS) is 20.4. The first-order valence-corrected chi connectivity index (χ1v) is 12.4. The molecule has 4 rings (SSSR count). The summed E-state index contributed by atoms with van der Waals surface area (Å²) in [6.45, 7) is -0.0353. The summed E-state index contributed by atoms with van der Waals surface area (Å²) < 4.78 is 70.6. The molecule has 2 aromatic heterocycles. The van der Waals surface area contributed by atoms with E-state index >= 15 is 0 Å². The Balaban J connectivity index is 1.58. The second-order valence-corrected chi connectivity index (χ2v) is 10.9. The van der Waals surface area contributed by atoms with E-state index in [0.29, 0.717) is 35.8 Å². The molecular weight excluding hydrogens is 497 g/mol. The molecule has 0 bridgehead atoms. The molecule has 13 heteroatoms. The van der Waals surface area contributed by atoms with Gasteiger partial charge in [0.1, 0.15) is 15.4 Å². The average Bonchev–Trinajstić information content (AvgIpc) is 3.14. The lowest BCUT2D eigenvalue weighted by Crippen LogP contribution is -2.44. The minimum atomic E-state index is -4.73. The second kappa shape index (κ2) is 8.80. The lowest BCUT2D eigenvalue weighted by atomic mass is 9.97. The summed E-state index contributed by atoms with van der Waals surface area (Å²) in [4.78, 5) is 12.2. The van der Waals surface area contributed by atoms with Crippen molar-refractivity contribution >= 4 is 27.3 Å². The highest BCUT2D eigenvalue weighted by Crippen LogP contribution is 2.53. The van der Waals surface area contributed by atoms with E-state index in [2.05, 4.69) is 14.4 Å². The number of aromatic nitrogens is 1. The number of rotatable bonds is 9. The maximum Gasteiger partial charge on any atom is 0.452 e. The van der Waals surface area contributed by atoms with Gasteiger partial charge in [0.2, 0.25) is 5.76 Å². The molecule has 0 spiro atoms. The summed E-state index contributed by atoms with van der Waals surface area (Å²) in [7, 11) is -4.31. The zero-order valence-electron chi connectivity index (χ0n) is 17.4. The zero-order valence-corrected chi connectivity index (χ0v) is 19.0. The van der Waals surface area contributed by atoms with E-state index in [0.717, 1.165) is 5.56 Å². The van der Waals surface area contributed by atoms with E-state index in [-0.39, 0.29) is 27.8 Å². The predicted molar refractivity (Wildman–Crippen MR) is 115 cm³/mol. The highest BCUT2D eigenvalue weighted by Gasteiger charge is 2.63. The number of halogens is 3. The fraction of sp³-hybridized carbons (Fsp3) is 0.333. The van der Waals surface area contributed by atoms with Crippen LogP contribution in [0.2, 0.25) is 0 Å². The van der Waals surface area contributed by atoms with Gasteiger partial charge in [-0.2, -0.15) is 17.9 Å². The number of aliphatic hydroxyl groups is 1. The summed E-state index contributed by atoms with van der Waals surface area (Å²) in [6, 6.07) is 10.2. The van der Waals surface area contributed by atoms with Gasteiger partial charge in [-0.3, -0.25) is 4.79 Å². The highest BCUT2D eigenvalue weighted by atomic mass is 32.2. The van der Waals surface area contributed by atoms with Crippen LogP contribution in [0.1, 0.15) is 35.6 Å². The van der Waals surface area contributed by atoms with Gasteiger partial charge in [0.25, 0.3) is 10.0 Å². The number of nitrogens with zero attached hydrogens (tertiary/aromatic N) is 1. The number of aliphatic carboxylic acids is 1. The lowest BCUT2D eigenvalue weighted by Gasteiger charge is -2.16. The Morgan fingerprint density at radius 1 is 1.26 bits per heavy atom. The first-order chi connectivity index (χ1) is 16.0. The summed E-state index contributed by atoms with van der Waals surface area (Å²) in [5.74, 6) is -3.26. The van der Waals surface area contributed by atoms with Crippen LogP contribution >= 0.6 is 11.3 Å². The number of thiophene rings is 1. The van der Waals surface area contributed by atoms with Crippen LogP contribution in [0.25, 0.3) is 10.6 Å². The van der Waals surface area contributed by atoms with Gasteiger partial charge in [0.15, 0.2) is 0 Å². The molecule has 1 aromatic carbocycles. The molecule has 0 amide bonds. The van der Waals surface area contributed by atoms with E-state index < -0.39 is 39.4 Å². The van der Waals surface area contributed by atoms with Crippen molar-refractivity contribution in [1.29, 1.82) is 0 Å². The number of sulfonamides is 1. The summed E-state index contributed by atoms with van der Waals surface area (Å²) in [6.07, 6.45) is -3.71. The van der Waals surface area contributed by atoms with Crippen LogP contribution in [0.3, 0.4) is 0 Å². The van der Waals surface area contributed by atoms with Crippen LogP contribution in [0, 0.1) is 0 Å². The van der Waals surface area contributed by atoms with E-state index in [1.54, 1.807) is 18.2 Å². The highest BCUT2D eigenvalue weighted by molar-refractivity contribution is 7.91. The van der Waals surface area contributed by atoms with Gasteiger partial charge in [-0.25, -0.2) is 8.42 Å². The molecule has 3 aromatic rings. The standard InChI is InChI=1S/C21H19F3N2O6S2/c22-21(23,24)17-10-15(25-32-17)16-7-8-18(33-16)34(30,31)26-20(19(28)29)11-14(20)13-6-2-1-4-12(13)5-3-9-27/h1-2,4,6-8,10,14,26-27H,3,5,9,11H2,(H,28,29)/t14-,20+/m0/s1. The quantitative estimate of drug-likeness (QED) is 0.396. The van der Waals surface area contributed by atoms with E-state index in [4.69, 9.17) is 5.11 Å². The van der Waals surface area contributed by atoms with Crippen LogP contribution < -0.4 is 4.72 Å². The minimum absolute atomic E-state index is 0.0353. The first-order valence-electron chi connectivity index (χ1n) is 10.1. The first kappa shape index (κ1) is 24.4. The molecule has 1 saturated carbocycles. The third-order valence-corrected chi connectivity index (χ3v) is 8.69. The number of alkyl halides is 3. The van der Waals surface area contributed by atoms with Crippen molar-refractivity contribution in [1.82, 2.24) is 9.88 Å². The molecule has 0 saturated heterocycles. The number of aryl methyl sites for hydroxylation is 1. The molecule has 34 heavy (non-hydrogen) atoms. The second-order valence-electron chi connectivity index (χ2n) is 7.86. The molecule has 1 aliphatic rings. The molecule has 0 radical (unpaired) electrons. The van der Waals surface area contributed by atoms with Gasteiger partial charge < -0.3 is 14.7 Å². The molecule has 2 atom stereocenters. The number of carbonyl (C=O) groups is 1. The molecular formula is C21H19F3N2O6S2. The number of carboxylic acids is 1. The molecule has 1 aliphatic carbocycles. The Morgan fingerprint density at radius 3 is 2.65 bits per heavy atom. The Kier molecular flexibility index (Phi) is 6.31. The third-order valence-electron chi connectivity index (χ3n) is 5.58. The average molecular weight is 517 g/mol. The van der Waals surface area contributed by atoms with Crippen molar-refractivity contribution in [2.45, 2.75) is 41.1 Å². The van der Waals surface area contributed by atoms with E-state index in [1.807, 2.05) is 6.07 Å². The molecule has 1 fully saturated rings. The molecule has 3 N–H and O–H groups in total. The van der Waals surface area contributed by atoms with E-state index in [9.17, 15) is 31.5 Å². The fourth-order valence-corrected chi connectivity index (χ4v) is 6.48. The van der Waals surface area contributed by atoms with Gasteiger partial charge >= 0.3 is 12.1 Å². The van der Waals surface area contributed by atoms with Crippen LogP contribution in [0.15, 0.2) is 51.2 Å². The number of nitrogens with one attached hydrogen (secondary N) is 1. The van der Waals surface area contributed by atoms with E-state index in [1.165, 1.54) is 12.1 Å². The summed E-state index contributed by atoms with van der Waals surface area (Å²) in [5, 5.41) is 22.3. The van der Waals surface area contributed by atoms with Crippen LogP contribution in [0.5, 0.6) is 0 Å². The van der Waals surface area contributed by atoms with Crippen molar-refractivity contribution in [3.8, 4) is 10.6 Å². The van der Waals surface area contributed by atoms with Crippen LogP contribution in [0.4, 0.5) is 13.2 Å². The van der Waals surface area contributed by atoms with Crippen LogP contribution in [-0.2, 0) is 27.4 Å². The SMILES string of the molecule is O=C(O)[C@@]1(NS(=O)(=O)c2ccc(-c3cc(C(F)(F)F)on3)s2)C[C@H]1c1ccccc1CCCO. The van der Waals surface area contributed by atoms with Crippen molar-refractivity contribution in [3.05, 3.63) is 59.4 Å². The van der Waals surface area contributed by atoms with Crippen molar-refractivity contribution in [3.63, 3.8) is 0 Å². The minimum Gasteiger partial charge on any atom is -0.480 e. The van der Waals surface area contributed by atoms with Gasteiger partial charge in [0, 0.05) is 18.6 Å². The van der Waals surface area contributed by atoms with Gasteiger partial charge in [-0.1, -0.05) is 29.4 Å². The smallest absolute Gasteiger partial charge is 0.452 e. The topological polar surface area (TPSA) is 130 Å². The van der Waals surface area contributed by atoms with Crippen molar-refractivity contribution < 1.29 is 41.1 Å². The molecule has 0 aliphatic heterocycles. The van der Waals surface area contributed by atoms with Crippen LogP contribution in [-0.4, -0.2) is 41.9 Å². The lowest BCUT2D eigenvalue weighted by molar-refractivity contribution is -0.155. The largest absolute Gasteiger partial charge is 0.480 e. The predicted octanol–water partition coefficient (Wildman–Crippen LogP) is 3.64. The Bertz CT molecular complexity index is 1320. The number of benzene rings is 1. The Hall–Kier alpha value is -2.74. The maximum absolute atomic E-state index is 13.0. The molecule has 0 unspecified atom stereocenters. The Morgan fingerprint density at radius 2 is 2.00 bits per heavy atom. The third kappa shape index (κ3) is 4.60. The maximum atomic E-state index is 13.0. The van der Waals surface area contributed by atoms with Gasteiger partial charge in [-0.05, 0) is 42.5 Å². The van der Waals surface area contributed by atoms with Gasteiger partial charge in [0.05, 0.1) is 4.88 Å².